The number of carbonyl (C=O) groups excluding carboxylic acids is 1. The number of nitrogens with zero attached hydrogens (tertiary/aromatic N) is 1. The summed E-state index contributed by atoms with van der Waals surface area (Å²) in [4.78, 5) is 13.6. The number of carbonyl (C=O) groups is 1. The molecule has 0 radical (unpaired) electrons. The van der Waals surface area contributed by atoms with Crippen LogP contribution in [0.2, 0.25) is 0 Å². The standard InChI is InChI=1S/C5H5NO2/c7-4-1-2-6-5(8)3-4/h2-3,7H,1H2. The maximum atomic E-state index is 10.2. The van der Waals surface area contributed by atoms with Gasteiger partial charge in [0.25, 0.3) is 5.91 Å². The van der Waals surface area contributed by atoms with Crippen LogP contribution < -0.4 is 0 Å². The Morgan fingerprint density at radius 2 is 2.50 bits per heavy atom. The number of allylic oxidation sites excluding steroid dienone is 1. The molecule has 0 unspecified atom stereocenters. The maximum Gasteiger partial charge on any atom is 0.272 e. The minimum Gasteiger partial charge on any atom is -0.512 e. The van der Waals surface area contributed by atoms with Crippen molar-refractivity contribution < 1.29 is 9.90 Å². The summed E-state index contributed by atoms with van der Waals surface area (Å²) < 4.78 is 0. The number of aliphatic imine (C=N–C) groups is 1. The predicted molar refractivity (Wildman–Crippen MR) is 28.8 cm³/mol. The molecule has 0 aromatic heterocycles. The fourth-order valence-corrected chi connectivity index (χ4v) is 0.468. The first kappa shape index (κ1) is 5.03. The highest BCUT2D eigenvalue weighted by Gasteiger charge is 2.00. The third kappa shape index (κ3) is 0.932. The Labute approximate surface area is 46.4 Å². The molecule has 42 valence electrons. The molecule has 0 fully saturated rings. The van der Waals surface area contributed by atoms with Crippen LogP contribution in [-0.4, -0.2) is 17.2 Å². The first-order chi connectivity index (χ1) is 3.79. The second kappa shape index (κ2) is 1.78. The molecule has 3 heteroatoms. The molecule has 0 saturated carbocycles. The van der Waals surface area contributed by atoms with E-state index in [1.54, 1.807) is 0 Å². The summed E-state index contributed by atoms with van der Waals surface area (Å²) in [5.41, 5.74) is 0. The molecule has 1 amide bonds. The normalized spacial score (nSPS) is 18.5. The summed E-state index contributed by atoms with van der Waals surface area (Å²) in [6.07, 6.45) is 2.88. The van der Waals surface area contributed by atoms with Crippen LogP contribution in [0, 0.1) is 0 Å². The molecule has 1 rings (SSSR count). The number of hydrogen-bond donors (Lipinski definition) is 1. The number of dihydropyridines is 1. The second-order valence-electron chi connectivity index (χ2n) is 1.49. The quantitative estimate of drug-likeness (QED) is 0.492. The van der Waals surface area contributed by atoms with E-state index in [-0.39, 0.29) is 11.7 Å². The summed E-state index contributed by atoms with van der Waals surface area (Å²) in [5.74, 6) is -0.293. The molecule has 0 bridgehead atoms. The Morgan fingerprint density at radius 1 is 1.75 bits per heavy atom. The van der Waals surface area contributed by atoms with Gasteiger partial charge >= 0.3 is 0 Å². The lowest BCUT2D eigenvalue weighted by molar-refractivity contribution is -0.113. The Hall–Kier alpha value is -1.12. The van der Waals surface area contributed by atoms with Crippen LogP contribution in [0.5, 0.6) is 0 Å². The molecule has 8 heavy (non-hydrogen) atoms. The van der Waals surface area contributed by atoms with Crippen molar-refractivity contribution in [3.05, 3.63) is 11.8 Å². The Balaban J connectivity index is 2.74. The lowest BCUT2D eigenvalue weighted by Gasteiger charge is -1.95. The molecule has 1 aliphatic rings. The van der Waals surface area contributed by atoms with Crippen molar-refractivity contribution in [3.63, 3.8) is 0 Å². The zero-order valence-corrected chi connectivity index (χ0v) is 4.16. The van der Waals surface area contributed by atoms with Gasteiger partial charge in [-0.1, -0.05) is 0 Å². The molecule has 3 nitrogen and oxygen atoms in total. The van der Waals surface area contributed by atoms with Crippen LogP contribution in [0.1, 0.15) is 6.42 Å². The van der Waals surface area contributed by atoms with E-state index < -0.39 is 0 Å². The topological polar surface area (TPSA) is 49.7 Å². The molecule has 0 aromatic rings. The average molecular weight is 111 g/mol. The van der Waals surface area contributed by atoms with Crippen LogP contribution in [0.4, 0.5) is 0 Å². The van der Waals surface area contributed by atoms with E-state index >= 15 is 0 Å². The van der Waals surface area contributed by atoms with Gasteiger partial charge in [-0.3, -0.25) is 4.79 Å². The zero-order valence-electron chi connectivity index (χ0n) is 4.16. The van der Waals surface area contributed by atoms with E-state index in [1.807, 2.05) is 0 Å². The number of hydrogen-bond acceptors (Lipinski definition) is 2. The molecule has 1 aliphatic heterocycles. The average Bonchev–Trinajstić information content (AvgIpc) is 1.64. The predicted octanol–water partition coefficient (Wildman–Crippen LogP) is 0.429. The monoisotopic (exact) mass is 111 g/mol. The van der Waals surface area contributed by atoms with Crippen LogP contribution in [0.15, 0.2) is 16.8 Å². The van der Waals surface area contributed by atoms with Crippen molar-refractivity contribution in [2.24, 2.45) is 4.99 Å². The molecule has 0 aromatic carbocycles. The third-order valence-electron chi connectivity index (χ3n) is 0.809. The van der Waals surface area contributed by atoms with Crippen molar-refractivity contribution in [2.45, 2.75) is 6.42 Å². The van der Waals surface area contributed by atoms with Crippen LogP contribution >= 0.6 is 0 Å². The number of aliphatic hydroxyl groups excluding tert-OH is 1. The molecular formula is C5H5NO2. The van der Waals surface area contributed by atoms with E-state index in [2.05, 4.69) is 4.99 Å². The highest BCUT2D eigenvalue weighted by Crippen LogP contribution is 1.98. The van der Waals surface area contributed by atoms with Crippen molar-refractivity contribution in [2.75, 3.05) is 0 Å². The summed E-state index contributed by atoms with van der Waals surface area (Å²) in [7, 11) is 0. The first-order valence-electron chi connectivity index (χ1n) is 2.25. The second-order valence-corrected chi connectivity index (χ2v) is 1.49. The number of amides is 1. The third-order valence-corrected chi connectivity index (χ3v) is 0.809. The van der Waals surface area contributed by atoms with E-state index in [1.165, 1.54) is 6.21 Å². The van der Waals surface area contributed by atoms with Gasteiger partial charge in [-0.25, -0.2) is 4.99 Å². The number of aliphatic hydroxyl groups is 1. The minimum absolute atomic E-state index is 0.0880. The van der Waals surface area contributed by atoms with E-state index in [0.717, 1.165) is 6.08 Å². The van der Waals surface area contributed by atoms with E-state index in [4.69, 9.17) is 5.11 Å². The Kier molecular flexibility index (Phi) is 1.12. The number of rotatable bonds is 0. The maximum absolute atomic E-state index is 10.2. The molecule has 0 atom stereocenters. The highest BCUT2D eigenvalue weighted by atomic mass is 16.3. The van der Waals surface area contributed by atoms with Crippen molar-refractivity contribution in [1.82, 2.24) is 0 Å². The lowest BCUT2D eigenvalue weighted by Crippen LogP contribution is -1.98. The Bertz CT molecular complexity index is 169. The highest BCUT2D eigenvalue weighted by molar-refractivity contribution is 5.96. The fourth-order valence-electron chi connectivity index (χ4n) is 0.468. The fraction of sp³-hybridized carbons (Fsp3) is 0.200. The van der Waals surface area contributed by atoms with Gasteiger partial charge in [-0.05, 0) is 0 Å². The van der Waals surface area contributed by atoms with E-state index in [9.17, 15) is 4.79 Å². The SMILES string of the molecule is O=C1C=C(O)CC=N1. The molecule has 0 spiro atoms. The largest absolute Gasteiger partial charge is 0.512 e. The van der Waals surface area contributed by atoms with Gasteiger partial charge < -0.3 is 5.11 Å². The van der Waals surface area contributed by atoms with Gasteiger partial charge in [0.2, 0.25) is 0 Å². The molecule has 0 saturated heterocycles. The minimum atomic E-state index is -0.381. The summed E-state index contributed by atoms with van der Waals surface area (Å²) in [6, 6.07) is 0. The van der Waals surface area contributed by atoms with Crippen LogP contribution in [0.25, 0.3) is 0 Å². The van der Waals surface area contributed by atoms with Gasteiger partial charge in [0.15, 0.2) is 0 Å². The van der Waals surface area contributed by atoms with Crippen LogP contribution in [0.3, 0.4) is 0 Å². The molecule has 1 N–H and O–H groups in total. The van der Waals surface area contributed by atoms with Gasteiger partial charge in [0.1, 0.15) is 5.76 Å². The van der Waals surface area contributed by atoms with Crippen LogP contribution in [-0.2, 0) is 4.79 Å². The van der Waals surface area contributed by atoms with E-state index in [0.29, 0.717) is 6.42 Å². The molecule has 0 aliphatic carbocycles. The summed E-state index contributed by atoms with van der Waals surface area (Å²) in [5, 5.41) is 8.63. The van der Waals surface area contributed by atoms with Gasteiger partial charge in [-0.2, -0.15) is 0 Å². The van der Waals surface area contributed by atoms with Gasteiger partial charge in [0.05, 0.1) is 0 Å². The van der Waals surface area contributed by atoms with Crippen molar-refractivity contribution >= 4 is 12.1 Å². The first-order valence-corrected chi connectivity index (χ1v) is 2.25. The van der Waals surface area contributed by atoms with Gasteiger partial charge in [-0.15, -0.1) is 0 Å². The zero-order chi connectivity index (χ0) is 5.98. The van der Waals surface area contributed by atoms with Gasteiger partial charge in [0, 0.05) is 18.7 Å². The molecule has 1 heterocycles. The summed E-state index contributed by atoms with van der Waals surface area (Å²) in [6.45, 7) is 0. The molecular weight excluding hydrogens is 106 g/mol. The van der Waals surface area contributed by atoms with Crippen molar-refractivity contribution in [1.29, 1.82) is 0 Å². The Morgan fingerprint density at radius 3 is 2.88 bits per heavy atom. The summed E-state index contributed by atoms with van der Waals surface area (Å²) >= 11 is 0. The smallest absolute Gasteiger partial charge is 0.272 e. The van der Waals surface area contributed by atoms with Crippen molar-refractivity contribution in [3.8, 4) is 0 Å². The lowest BCUT2D eigenvalue weighted by atomic mass is 10.3.